The number of rotatable bonds is 4. The smallest absolute Gasteiger partial charge is 0.354 e. The minimum absolute atomic E-state index is 0.0548. The first kappa shape index (κ1) is 13.9. The Labute approximate surface area is 115 Å². The monoisotopic (exact) mass is 280 g/mol. The highest BCUT2D eigenvalue weighted by Gasteiger charge is 2.15. The van der Waals surface area contributed by atoms with Gasteiger partial charge in [-0.1, -0.05) is 0 Å². The predicted molar refractivity (Wildman–Crippen MR) is 73.6 cm³/mol. The van der Waals surface area contributed by atoms with Crippen LogP contribution in [0.15, 0.2) is 18.3 Å². The first-order valence-corrected chi connectivity index (χ1v) is 7.37. The van der Waals surface area contributed by atoms with Crippen LogP contribution in [0.5, 0.6) is 0 Å². The first-order valence-electron chi connectivity index (χ1n) is 6.22. The van der Waals surface area contributed by atoms with Crippen LogP contribution >= 0.6 is 11.8 Å². The van der Waals surface area contributed by atoms with E-state index < -0.39 is 5.97 Å². The third-order valence-corrected chi connectivity index (χ3v) is 4.19. The second-order valence-corrected chi connectivity index (χ2v) is 5.73. The van der Waals surface area contributed by atoms with Crippen LogP contribution in [0.4, 0.5) is 0 Å². The van der Waals surface area contributed by atoms with Gasteiger partial charge in [-0.3, -0.25) is 4.79 Å². The molecule has 1 amide bonds. The fourth-order valence-electron chi connectivity index (χ4n) is 1.94. The molecule has 6 heteroatoms. The van der Waals surface area contributed by atoms with Gasteiger partial charge in [-0.05, 0) is 42.4 Å². The van der Waals surface area contributed by atoms with E-state index in [2.05, 4.69) is 10.3 Å². The van der Waals surface area contributed by atoms with Crippen molar-refractivity contribution in [1.82, 2.24) is 10.3 Å². The maximum atomic E-state index is 11.9. The average Bonchev–Trinajstić information content (AvgIpc) is 2.46. The number of pyridine rings is 1. The molecule has 5 nitrogen and oxygen atoms in total. The van der Waals surface area contributed by atoms with Crippen LogP contribution in [-0.2, 0) is 0 Å². The van der Waals surface area contributed by atoms with Gasteiger partial charge in [0.1, 0.15) is 5.69 Å². The van der Waals surface area contributed by atoms with Gasteiger partial charge in [0.2, 0.25) is 0 Å². The van der Waals surface area contributed by atoms with Crippen molar-refractivity contribution in [3.05, 3.63) is 29.6 Å². The number of nitrogens with one attached hydrogen (secondary N) is 1. The standard InChI is InChI=1S/C13H16N2O3S/c16-12(15-7-9-3-5-19-6-4-9)10-1-2-11(13(17)18)14-8-10/h1-2,8-9H,3-7H2,(H,15,16)(H,17,18). The Bertz CT molecular complexity index is 455. The molecule has 0 aliphatic carbocycles. The number of hydrogen-bond donors (Lipinski definition) is 2. The van der Waals surface area contributed by atoms with E-state index in [-0.39, 0.29) is 11.6 Å². The van der Waals surface area contributed by atoms with Gasteiger partial charge in [-0.2, -0.15) is 11.8 Å². The zero-order chi connectivity index (χ0) is 13.7. The van der Waals surface area contributed by atoms with Crippen LogP contribution in [0.2, 0.25) is 0 Å². The summed E-state index contributed by atoms with van der Waals surface area (Å²) in [5, 5.41) is 11.6. The Morgan fingerprint density at radius 3 is 2.68 bits per heavy atom. The normalized spacial score (nSPS) is 16.0. The number of carboxylic acid groups (broad SMARTS) is 1. The van der Waals surface area contributed by atoms with Gasteiger partial charge >= 0.3 is 5.97 Å². The molecule has 2 rings (SSSR count). The van der Waals surface area contributed by atoms with E-state index in [0.29, 0.717) is 18.0 Å². The largest absolute Gasteiger partial charge is 0.477 e. The molecular weight excluding hydrogens is 264 g/mol. The quantitative estimate of drug-likeness (QED) is 0.876. The topological polar surface area (TPSA) is 79.3 Å². The number of carbonyl (C=O) groups is 2. The Hall–Kier alpha value is -1.56. The van der Waals surface area contributed by atoms with Crippen LogP contribution in [0.25, 0.3) is 0 Å². The summed E-state index contributed by atoms with van der Waals surface area (Å²) in [4.78, 5) is 26.2. The fraction of sp³-hybridized carbons (Fsp3) is 0.462. The van der Waals surface area contributed by atoms with Crippen molar-refractivity contribution in [2.45, 2.75) is 12.8 Å². The van der Waals surface area contributed by atoms with Crippen molar-refractivity contribution in [2.75, 3.05) is 18.1 Å². The summed E-state index contributed by atoms with van der Waals surface area (Å²) in [6, 6.07) is 2.83. The third-order valence-electron chi connectivity index (χ3n) is 3.14. The summed E-state index contributed by atoms with van der Waals surface area (Å²) in [6.07, 6.45) is 3.58. The van der Waals surface area contributed by atoms with Crippen molar-refractivity contribution in [1.29, 1.82) is 0 Å². The first-order chi connectivity index (χ1) is 9.16. The molecule has 1 saturated heterocycles. The molecule has 1 fully saturated rings. The number of amides is 1. The number of aromatic carboxylic acids is 1. The third kappa shape index (κ3) is 3.96. The maximum Gasteiger partial charge on any atom is 0.354 e. The molecule has 102 valence electrons. The van der Waals surface area contributed by atoms with Crippen molar-refractivity contribution in [2.24, 2.45) is 5.92 Å². The van der Waals surface area contributed by atoms with Crippen molar-refractivity contribution in [3.63, 3.8) is 0 Å². The van der Waals surface area contributed by atoms with Crippen LogP contribution < -0.4 is 5.32 Å². The number of carbonyl (C=O) groups excluding carboxylic acids is 1. The summed E-state index contributed by atoms with van der Waals surface area (Å²) in [7, 11) is 0. The zero-order valence-electron chi connectivity index (χ0n) is 10.5. The minimum Gasteiger partial charge on any atom is -0.477 e. The molecule has 19 heavy (non-hydrogen) atoms. The lowest BCUT2D eigenvalue weighted by Gasteiger charge is -2.21. The van der Waals surface area contributed by atoms with Gasteiger partial charge < -0.3 is 10.4 Å². The SMILES string of the molecule is O=C(NCC1CCSCC1)c1ccc(C(=O)O)nc1. The van der Waals surface area contributed by atoms with Gasteiger partial charge in [0.15, 0.2) is 0 Å². The maximum absolute atomic E-state index is 11.9. The molecule has 1 aliphatic heterocycles. The predicted octanol–water partition coefficient (Wildman–Crippen LogP) is 1.65. The number of nitrogens with zero attached hydrogens (tertiary/aromatic N) is 1. The molecule has 0 aromatic carbocycles. The van der Waals surface area contributed by atoms with E-state index in [0.717, 1.165) is 24.3 Å². The van der Waals surface area contributed by atoms with Crippen LogP contribution in [0, 0.1) is 5.92 Å². The molecule has 1 aromatic rings. The van der Waals surface area contributed by atoms with E-state index in [1.807, 2.05) is 11.8 Å². The summed E-state index contributed by atoms with van der Waals surface area (Å²) in [5.74, 6) is 1.59. The number of hydrogen-bond acceptors (Lipinski definition) is 4. The molecule has 1 aliphatic rings. The van der Waals surface area contributed by atoms with E-state index in [1.165, 1.54) is 18.3 Å². The van der Waals surface area contributed by atoms with Gasteiger partial charge in [0.25, 0.3) is 5.91 Å². The second kappa shape index (κ2) is 6.56. The van der Waals surface area contributed by atoms with Crippen molar-refractivity contribution < 1.29 is 14.7 Å². The van der Waals surface area contributed by atoms with E-state index in [4.69, 9.17) is 5.11 Å². The molecule has 0 bridgehead atoms. The van der Waals surface area contributed by atoms with Crippen LogP contribution in [0.1, 0.15) is 33.7 Å². The summed E-state index contributed by atoms with van der Waals surface area (Å²) < 4.78 is 0. The van der Waals surface area contributed by atoms with Gasteiger partial charge in [0, 0.05) is 12.7 Å². The number of aromatic nitrogens is 1. The Kier molecular flexibility index (Phi) is 4.79. The molecule has 0 radical (unpaired) electrons. The van der Waals surface area contributed by atoms with Crippen LogP contribution in [0.3, 0.4) is 0 Å². The Morgan fingerprint density at radius 1 is 1.37 bits per heavy atom. The lowest BCUT2D eigenvalue weighted by Crippen LogP contribution is -2.31. The van der Waals surface area contributed by atoms with Crippen LogP contribution in [-0.4, -0.2) is 40.0 Å². The fourth-order valence-corrected chi connectivity index (χ4v) is 3.15. The molecular formula is C13H16N2O3S. The highest BCUT2D eigenvalue weighted by molar-refractivity contribution is 7.99. The summed E-state index contributed by atoms with van der Waals surface area (Å²) >= 11 is 1.96. The molecule has 0 spiro atoms. The van der Waals surface area contributed by atoms with E-state index in [1.54, 1.807) is 0 Å². The molecule has 0 unspecified atom stereocenters. The Morgan fingerprint density at radius 2 is 2.11 bits per heavy atom. The van der Waals surface area contributed by atoms with E-state index >= 15 is 0 Å². The lowest BCUT2D eigenvalue weighted by atomic mass is 10.0. The highest BCUT2D eigenvalue weighted by atomic mass is 32.2. The van der Waals surface area contributed by atoms with E-state index in [9.17, 15) is 9.59 Å². The molecule has 2 heterocycles. The Balaban J connectivity index is 1.86. The minimum atomic E-state index is -1.09. The number of carboxylic acids is 1. The average molecular weight is 280 g/mol. The lowest BCUT2D eigenvalue weighted by molar-refractivity contribution is 0.0689. The molecule has 2 N–H and O–H groups in total. The number of thioether (sulfide) groups is 1. The van der Waals surface area contributed by atoms with Crippen molar-refractivity contribution in [3.8, 4) is 0 Å². The van der Waals surface area contributed by atoms with Crippen molar-refractivity contribution >= 4 is 23.6 Å². The summed E-state index contributed by atoms with van der Waals surface area (Å²) in [6.45, 7) is 0.681. The van der Waals surface area contributed by atoms with Gasteiger partial charge in [0.05, 0.1) is 5.56 Å². The van der Waals surface area contributed by atoms with Gasteiger partial charge in [-0.15, -0.1) is 0 Å². The summed E-state index contributed by atoms with van der Waals surface area (Å²) in [5.41, 5.74) is 0.344. The molecule has 0 atom stereocenters. The highest BCUT2D eigenvalue weighted by Crippen LogP contribution is 2.21. The molecule has 1 aromatic heterocycles. The van der Waals surface area contributed by atoms with Gasteiger partial charge in [-0.25, -0.2) is 9.78 Å². The second-order valence-electron chi connectivity index (χ2n) is 4.50. The zero-order valence-corrected chi connectivity index (χ0v) is 11.3. The molecule has 0 saturated carbocycles.